The van der Waals surface area contributed by atoms with Crippen LogP contribution in [0.5, 0.6) is 23.0 Å². The smallest absolute Gasteiger partial charge is 0.454 e. The molecule has 6 fully saturated rings. The number of aliphatic hydroxyl groups is 4. The van der Waals surface area contributed by atoms with Gasteiger partial charge in [0.2, 0.25) is 0 Å². The van der Waals surface area contributed by atoms with Crippen molar-refractivity contribution in [3.05, 3.63) is 215 Å². The van der Waals surface area contributed by atoms with Crippen LogP contribution >= 0.6 is 11.6 Å². The van der Waals surface area contributed by atoms with E-state index in [0.717, 1.165) is 137 Å². The second kappa shape index (κ2) is 48.3. The Bertz CT molecular complexity index is 4530. The van der Waals surface area contributed by atoms with Gasteiger partial charge in [0, 0.05) is 97.2 Å². The Balaban J connectivity index is 0.000000184. The average molecular weight is 1700 g/mol. The lowest BCUT2D eigenvalue weighted by Gasteiger charge is -2.37. The number of anilines is 2. The number of sulfonamides is 2. The molecule has 644 valence electrons. The average Bonchev–Trinajstić information content (AvgIpc) is 0.924. The predicted molar refractivity (Wildman–Crippen MR) is 449 cm³/mol. The zero-order valence-electron chi connectivity index (χ0n) is 68.1. The molecular formula is C86H116BClF4N10O14S2. The Morgan fingerprint density at radius 1 is 0.500 bits per heavy atom. The highest BCUT2D eigenvalue weighted by Crippen LogP contribution is 2.44. The van der Waals surface area contributed by atoms with Crippen LogP contribution in [0.3, 0.4) is 0 Å². The van der Waals surface area contributed by atoms with Gasteiger partial charge >= 0.3 is 7.12 Å². The molecular weight excluding hydrogens is 1580 g/mol. The molecule has 8 aromatic rings. The van der Waals surface area contributed by atoms with E-state index in [9.17, 15) is 49.7 Å². The van der Waals surface area contributed by atoms with Crippen molar-refractivity contribution in [2.24, 2.45) is 5.73 Å². The number of nitrogens with zero attached hydrogens (tertiary/aromatic N) is 7. The number of hydrogen-bond acceptors (Lipinski definition) is 22. The maximum absolute atomic E-state index is 14.7. The molecule has 6 saturated carbocycles. The van der Waals surface area contributed by atoms with Gasteiger partial charge in [0.25, 0.3) is 20.0 Å². The lowest BCUT2D eigenvalue weighted by Crippen LogP contribution is -2.44. The number of aliphatic hydroxyl groups excluding tert-OH is 4. The van der Waals surface area contributed by atoms with E-state index < -0.39 is 65.2 Å². The van der Waals surface area contributed by atoms with E-state index in [0.29, 0.717) is 64.4 Å². The van der Waals surface area contributed by atoms with Crippen LogP contribution in [0.4, 0.5) is 29.2 Å². The van der Waals surface area contributed by atoms with Crippen LogP contribution in [0.2, 0.25) is 10.8 Å². The van der Waals surface area contributed by atoms with Crippen LogP contribution in [0.15, 0.2) is 168 Å². The molecule has 32 heteroatoms. The maximum atomic E-state index is 14.7. The van der Waals surface area contributed by atoms with Crippen molar-refractivity contribution in [1.82, 2.24) is 35.5 Å². The molecule has 0 spiro atoms. The molecule has 0 aliphatic heterocycles. The van der Waals surface area contributed by atoms with Gasteiger partial charge < -0.3 is 65.8 Å². The van der Waals surface area contributed by atoms with Gasteiger partial charge in [-0.25, -0.2) is 62.9 Å². The number of halogens is 5. The number of nitrogens with two attached hydrogens (primary N) is 1. The van der Waals surface area contributed by atoms with Crippen LogP contribution in [-0.2, 0) is 46.2 Å². The fourth-order valence-electron chi connectivity index (χ4n) is 14.2. The van der Waals surface area contributed by atoms with Crippen LogP contribution in [-0.4, -0.2) is 169 Å². The second-order valence-electron chi connectivity index (χ2n) is 29.9. The molecule has 0 amide bonds. The third kappa shape index (κ3) is 29.1. The fraction of sp³-hybridized carbons (Fsp3) is 0.488. The second-order valence-corrected chi connectivity index (χ2v) is 33.9. The number of rotatable bonds is 25. The van der Waals surface area contributed by atoms with Gasteiger partial charge in [-0.1, -0.05) is 150 Å². The van der Waals surface area contributed by atoms with Gasteiger partial charge in [0.15, 0.2) is 0 Å². The molecule has 14 rings (SSSR count). The molecule has 6 aromatic carbocycles. The van der Waals surface area contributed by atoms with Crippen molar-refractivity contribution in [2.45, 2.75) is 239 Å². The van der Waals surface area contributed by atoms with Crippen LogP contribution < -0.4 is 43.9 Å². The van der Waals surface area contributed by atoms with Gasteiger partial charge in [-0.3, -0.25) is 4.90 Å². The summed E-state index contributed by atoms with van der Waals surface area (Å²) in [6, 6.07) is 37.3. The zero-order chi connectivity index (χ0) is 85.3. The summed E-state index contributed by atoms with van der Waals surface area (Å²) in [5.74, 6) is -2.36. The van der Waals surface area contributed by atoms with Crippen molar-refractivity contribution >= 4 is 50.4 Å². The van der Waals surface area contributed by atoms with Crippen molar-refractivity contribution in [2.75, 3.05) is 50.1 Å². The Kier molecular flexibility index (Phi) is 39.0. The largest absolute Gasteiger partial charge is 0.497 e. The minimum Gasteiger partial charge on any atom is -0.497 e. The number of methoxy groups -OCH3 is 4. The first kappa shape index (κ1) is 95.3. The lowest BCUT2D eigenvalue weighted by atomic mass is 9.84. The Morgan fingerprint density at radius 3 is 1.36 bits per heavy atom. The molecule has 0 bridgehead atoms. The molecule has 8 atom stereocenters. The van der Waals surface area contributed by atoms with E-state index in [-0.39, 0.29) is 72.5 Å². The summed E-state index contributed by atoms with van der Waals surface area (Å²) in [6.07, 6.45) is 25.8. The highest BCUT2D eigenvalue weighted by molar-refractivity contribution is 7.93. The van der Waals surface area contributed by atoms with E-state index in [2.05, 4.69) is 91.8 Å². The Hall–Kier alpha value is -8.15. The monoisotopic (exact) mass is 1700 g/mol. The summed E-state index contributed by atoms with van der Waals surface area (Å²) in [6.45, 7) is 7.61. The third-order valence-electron chi connectivity index (χ3n) is 21.4. The number of ether oxygens (including phenoxy) is 4. The van der Waals surface area contributed by atoms with E-state index >= 15 is 0 Å². The van der Waals surface area contributed by atoms with Crippen molar-refractivity contribution in [3.63, 3.8) is 0 Å². The number of hydrogen-bond donors (Lipinski definition) is 9. The predicted octanol–water partition coefficient (Wildman–Crippen LogP) is 13.5. The number of benzene rings is 6. The van der Waals surface area contributed by atoms with E-state index in [1.807, 2.05) is 18.2 Å². The first-order chi connectivity index (χ1) is 56.7. The summed E-state index contributed by atoms with van der Waals surface area (Å²) in [5, 5.41) is 61.1. The number of aromatic nitrogens is 4. The summed E-state index contributed by atoms with van der Waals surface area (Å²) < 4.78 is 134. The Morgan fingerprint density at radius 2 is 0.958 bits per heavy atom. The van der Waals surface area contributed by atoms with Crippen molar-refractivity contribution in [3.8, 4) is 23.0 Å². The Labute approximate surface area is 697 Å². The highest BCUT2D eigenvalue weighted by Gasteiger charge is 2.37. The van der Waals surface area contributed by atoms with Gasteiger partial charge in [-0.05, 0) is 142 Å². The van der Waals surface area contributed by atoms with Crippen LogP contribution in [0, 0.1) is 23.3 Å². The summed E-state index contributed by atoms with van der Waals surface area (Å²) >= 11 is 5.70. The van der Waals surface area contributed by atoms with E-state index in [1.165, 1.54) is 115 Å². The van der Waals surface area contributed by atoms with Crippen molar-refractivity contribution < 1.29 is 83.8 Å². The quantitative estimate of drug-likeness (QED) is 0.0146. The summed E-state index contributed by atoms with van der Waals surface area (Å²) in [7, 11) is -4.18. The van der Waals surface area contributed by atoms with E-state index in [1.54, 1.807) is 36.4 Å². The van der Waals surface area contributed by atoms with Crippen LogP contribution in [0.1, 0.15) is 176 Å². The molecule has 10 N–H and O–H groups in total. The molecule has 0 radical (unpaired) electrons. The molecule has 6 aliphatic carbocycles. The molecule has 2 heterocycles. The molecule has 118 heavy (non-hydrogen) atoms. The first-order valence-corrected chi connectivity index (χ1v) is 43.8. The summed E-state index contributed by atoms with van der Waals surface area (Å²) in [4.78, 5) is 16.6. The van der Waals surface area contributed by atoms with Gasteiger partial charge in [-0.2, -0.15) is 0 Å². The molecule has 6 aliphatic rings. The zero-order valence-corrected chi connectivity index (χ0v) is 70.5. The molecule has 24 nitrogen and oxygen atoms in total. The molecule has 0 saturated heterocycles. The van der Waals surface area contributed by atoms with Crippen molar-refractivity contribution in [1.29, 1.82) is 0 Å². The molecule has 2 aromatic heterocycles. The SMILES string of the molecule is CCN(Cc1ccccc1)[C@H]1CCCC[C@@H]1O.CCN[C@H]1CCCC[C@@H]1O.COc1ccc(CN(c2ccncn2)S(=O)(=O)c2cc(C3CC3)c(F)cc2F)c(OC)c1.COc1ccc(CN(c2ccncn2)S(=O)(=O)c2cc(Cl)c(F)cc2F)c(OC)c1.N[C@H]1CCCC[C@@H]1O.OB(O)C1CC1.O[C@H]1CCCC[C@@H]1NCc1ccccc1. The van der Waals surface area contributed by atoms with Gasteiger partial charge in [0.1, 0.15) is 80.3 Å². The van der Waals surface area contributed by atoms with E-state index in [4.69, 9.17) is 51.4 Å². The number of likely N-dealkylation sites (N-methyl/N-ethyl adjacent to an activating group) is 2. The minimum atomic E-state index is -4.53. The lowest BCUT2D eigenvalue weighted by molar-refractivity contribution is 0.0182. The standard InChI is InChI=1S/C22H21F2N3O4S.C19H16ClF2N3O4S.C15H23NO.C13H19NO.C8H17NO.C6H13NO.C3H7BO2/c1-30-16-6-5-15(20(9-16)31-2)12-27(22-7-8-25-13-26-22)32(28,29)21-10-17(14-3-4-14)18(23)11-19(21)24;1-28-13-4-3-12(17(7-13)29-2)10-25(19-5-6-23-11-24-19)30(26,27)18-8-14(20)15(21)9-16(18)22;1-2-16(12-13-8-4-3-5-9-13)14-10-6-7-11-15(14)17;15-13-9-5-4-8-12(13)14-10-11-6-2-1-3-7-11;1-2-9-7-5-3-4-6-8(7)10;7-5-3-1-2-4-6(5)8;5-4(6)3-1-2-3/h5-11,13-14H,3-4,12H2,1-2H3;3-9,11H,10H2,1-2H3;3-5,8-9,14-15,17H,2,6-7,10-12H2,1H3;1-3,6-7,12-15H,4-5,8-10H2;7-10H,2-6H2,1H3;5-6,8H,1-4,7H2;3,5-6H,1-2H2/t;;14-,15-;12-,13-;7-,8-;5-,6-;/m..0000./s1. The highest BCUT2D eigenvalue weighted by atomic mass is 35.5. The normalized spacial score (nSPS) is 20.2. The van der Waals surface area contributed by atoms with Crippen LogP contribution in [0.25, 0.3) is 0 Å². The minimum absolute atomic E-state index is 0.0253. The number of nitrogens with one attached hydrogen (secondary N) is 2. The van der Waals surface area contributed by atoms with Gasteiger partial charge in [0.05, 0.1) is 71.0 Å². The third-order valence-corrected chi connectivity index (χ3v) is 25.2. The topological polar surface area (TPSA) is 338 Å². The maximum Gasteiger partial charge on any atom is 0.454 e. The van der Waals surface area contributed by atoms with Gasteiger partial charge in [-0.15, -0.1) is 0 Å². The molecule has 0 unspecified atom stereocenters. The summed E-state index contributed by atoms with van der Waals surface area (Å²) in [5.41, 5.74) is 9.31. The first-order valence-electron chi connectivity index (χ1n) is 40.5. The fourth-order valence-corrected chi connectivity index (χ4v) is 17.4.